The van der Waals surface area contributed by atoms with Gasteiger partial charge in [0.1, 0.15) is 13.1 Å². The van der Waals surface area contributed by atoms with E-state index >= 15 is 0 Å². The lowest BCUT2D eigenvalue weighted by Gasteiger charge is -2.30. The molecule has 0 fully saturated rings. The lowest BCUT2D eigenvalue weighted by atomic mass is 10.0. The largest absolute Gasteiger partial charge is 0.348 e. The summed E-state index contributed by atoms with van der Waals surface area (Å²) in [5.74, 6) is -0.302. The maximum Gasteiger partial charge on any atom is 0.243 e. The van der Waals surface area contributed by atoms with Crippen LogP contribution in [0.15, 0.2) is 42.7 Å². The highest BCUT2D eigenvalue weighted by atomic mass is 16.2. The van der Waals surface area contributed by atoms with E-state index in [2.05, 4.69) is 62.3 Å². The summed E-state index contributed by atoms with van der Waals surface area (Å²) in [6.45, 7) is 16.2. The molecule has 0 bridgehead atoms. The Morgan fingerprint density at radius 1 is 0.886 bits per heavy atom. The second-order valence-corrected chi connectivity index (χ2v) is 9.72. The molecule has 2 amide bonds. The minimum Gasteiger partial charge on any atom is -0.348 e. The summed E-state index contributed by atoms with van der Waals surface area (Å²) < 4.78 is 1.84. The van der Waals surface area contributed by atoms with Crippen molar-refractivity contribution in [3.63, 3.8) is 0 Å². The highest BCUT2D eigenvalue weighted by Crippen LogP contribution is 2.24. The average molecular weight is 475 g/mol. The van der Waals surface area contributed by atoms with Crippen molar-refractivity contribution in [1.82, 2.24) is 19.8 Å². The number of aryl methyl sites for hydroxylation is 5. The van der Waals surface area contributed by atoms with Gasteiger partial charge in [0, 0.05) is 5.69 Å². The van der Waals surface area contributed by atoms with Crippen molar-refractivity contribution in [3.05, 3.63) is 87.5 Å². The Balaban J connectivity index is 1.82. The number of carbonyl (C=O) groups is 2. The minimum atomic E-state index is -0.255. The molecule has 186 valence electrons. The van der Waals surface area contributed by atoms with Gasteiger partial charge in [0.25, 0.3) is 0 Å². The first-order valence-corrected chi connectivity index (χ1v) is 12.2. The van der Waals surface area contributed by atoms with Crippen LogP contribution in [0.4, 0.5) is 0 Å². The third-order valence-corrected chi connectivity index (χ3v) is 7.17. The molecule has 1 aromatic heterocycles. The molecule has 35 heavy (non-hydrogen) atoms. The Kier molecular flexibility index (Phi) is 8.15. The molecule has 1 N–H and O–H groups in total. The van der Waals surface area contributed by atoms with E-state index in [1.54, 1.807) is 11.2 Å². The number of imidazole rings is 1. The Morgan fingerprint density at radius 2 is 1.46 bits per heavy atom. The summed E-state index contributed by atoms with van der Waals surface area (Å²) in [5.41, 5.74) is 8.67. The number of nitrogens with one attached hydrogen (secondary N) is 1. The molecule has 0 saturated carbocycles. The van der Waals surface area contributed by atoms with Gasteiger partial charge in [0.2, 0.25) is 11.8 Å². The first-order chi connectivity index (χ1) is 16.5. The van der Waals surface area contributed by atoms with Crippen LogP contribution < -0.4 is 5.32 Å². The van der Waals surface area contributed by atoms with Gasteiger partial charge in [0.15, 0.2) is 0 Å². The molecule has 0 aliphatic rings. The second-order valence-electron chi connectivity index (χ2n) is 9.72. The molecule has 3 aromatic rings. The molecule has 2 atom stereocenters. The summed E-state index contributed by atoms with van der Waals surface area (Å²) in [5, 5.41) is 3.08. The van der Waals surface area contributed by atoms with E-state index in [-0.39, 0.29) is 37.0 Å². The highest BCUT2D eigenvalue weighted by molar-refractivity contribution is 5.85. The summed E-state index contributed by atoms with van der Waals surface area (Å²) in [6, 6.07) is 12.0. The predicted octanol–water partition coefficient (Wildman–Crippen LogP) is 5.20. The maximum absolute atomic E-state index is 13.5. The zero-order valence-electron chi connectivity index (χ0n) is 22.3. The Bertz CT molecular complexity index is 1230. The van der Waals surface area contributed by atoms with Crippen LogP contribution in [0.5, 0.6) is 0 Å². The average Bonchev–Trinajstić information content (AvgIpc) is 3.12. The smallest absolute Gasteiger partial charge is 0.243 e. The fourth-order valence-corrected chi connectivity index (χ4v) is 4.14. The molecule has 3 rings (SSSR count). The zero-order valence-corrected chi connectivity index (χ0v) is 22.3. The van der Waals surface area contributed by atoms with Crippen LogP contribution in [0.1, 0.15) is 70.7 Å². The summed E-state index contributed by atoms with van der Waals surface area (Å²) in [4.78, 5) is 32.6. The van der Waals surface area contributed by atoms with Crippen molar-refractivity contribution in [2.45, 2.75) is 74.0 Å². The fraction of sp³-hybridized carbons (Fsp3) is 0.414. The van der Waals surface area contributed by atoms with Gasteiger partial charge in [-0.3, -0.25) is 9.59 Å². The lowest BCUT2D eigenvalue weighted by Crippen LogP contribution is -2.44. The van der Waals surface area contributed by atoms with Crippen LogP contribution >= 0.6 is 0 Å². The van der Waals surface area contributed by atoms with Crippen LogP contribution in [0.3, 0.4) is 0 Å². The third kappa shape index (κ3) is 6.18. The number of aromatic nitrogens is 2. The van der Waals surface area contributed by atoms with E-state index in [0.717, 1.165) is 28.1 Å². The van der Waals surface area contributed by atoms with Crippen molar-refractivity contribution >= 4 is 11.8 Å². The van der Waals surface area contributed by atoms with E-state index in [1.165, 1.54) is 16.7 Å². The Morgan fingerprint density at radius 3 is 2.00 bits per heavy atom. The molecular formula is C29H38N4O2. The van der Waals surface area contributed by atoms with E-state index in [4.69, 9.17) is 0 Å². The van der Waals surface area contributed by atoms with Crippen LogP contribution in [0, 0.1) is 41.5 Å². The van der Waals surface area contributed by atoms with Crippen LogP contribution in [-0.4, -0.2) is 32.8 Å². The molecule has 0 radical (unpaired) electrons. The van der Waals surface area contributed by atoms with E-state index < -0.39 is 0 Å². The first-order valence-electron chi connectivity index (χ1n) is 12.2. The van der Waals surface area contributed by atoms with Gasteiger partial charge >= 0.3 is 0 Å². The summed E-state index contributed by atoms with van der Waals surface area (Å²) >= 11 is 0. The number of carbonyl (C=O) groups excluding carboxylic acids is 2. The number of nitrogens with zero attached hydrogens (tertiary/aromatic N) is 3. The topological polar surface area (TPSA) is 67.2 Å². The van der Waals surface area contributed by atoms with Crippen molar-refractivity contribution in [2.24, 2.45) is 0 Å². The number of benzene rings is 2. The normalized spacial score (nSPS) is 12.8. The van der Waals surface area contributed by atoms with Gasteiger partial charge in [-0.05, 0) is 88.8 Å². The molecule has 0 spiro atoms. The highest BCUT2D eigenvalue weighted by Gasteiger charge is 2.26. The number of hydrogen-bond acceptors (Lipinski definition) is 3. The molecule has 2 aromatic carbocycles. The fourth-order valence-electron chi connectivity index (χ4n) is 4.14. The molecule has 0 aliphatic carbocycles. The molecule has 0 aliphatic heterocycles. The van der Waals surface area contributed by atoms with Crippen LogP contribution in [-0.2, 0) is 16.1 Å². The van der Waals surface area contributed by atoms with Gasteiger partial charge < -0.3 is 14.8 Å². The predicted molar refractivity (Wildman–Crippen MR) is 140 cm³/mol. The lowest BCUT2D eigenvalue weighted by molar-refractivity contribution is -0.139. The van der Waals surface area contributed by atoms with Crippen molar-refractivity contribution < 1.29 is 9.59 Å². The van der Waals surface area contributed by atoms with Gasteiger partial charge in [-0.2, -0.15) is 0 Å². The van der Waals surface area contributed by atoms with Gasteiger partial charge in [-0.1, -0.05) is 36.4 Å². The molecule has 6 heteroatoms. The molecule has 1 heterocycles. The number of hydrogen-bond donors (Lipinski definition) is 1. The van der Waals surface area contributed by atoms with E-state index in [1.807, 2.05) is 44.4 Å². The van der Waals surface area contributed by atoms with Gasteiger partial charge in [-0.25, -0.2) is 4.98 Å². The van der Waals surface area contributed by atoms with Crippen molar-refractivity contribution in [2.75, 3.05) is 6.54 Å². The van der Waals surface area contributed by atoms with Crippen LogP contribution in [0.25, 0.3) is 0 Å². The Hall–Kier alpha value is -3.41. The van der Waals surface area contributed by atoms with Crippen LogP contribution in [0.2, 0.25) is 0 Å². The second kappa shape index (κ2) is 10.9. The summed E-state index contributed by atoms with van der Waals surface area (Å²) in [7, 11) is 0. The summed E-state index contributed by atoms with van der Waals surface area (Å²) in [6.07, 6.45) is 1.68. The minimum absolute atomic E-state index is 0.0190. The third-order valence-electron chi connectivity index (χ3n) is 7.17. The van der Waals surface area contributed by atoms with Gasteiger partial charge in [0.05, 0.1) is 24.1 Å². The standard InChI is InChI=1S/C29H38N4O2/c1-18-9-11-26(13-20(18)3)23(6)31-28(34)15-33(25(8)27-12-10-19(2)21(4)14-27)29(35)16-32-17-30-22(5)24(32)7/h9-14,17,23,25H,15-16H2,1-8H3,(H,31,34)/t23-,25+/m0/s1. The van der Waals surface area contributed by atoms with E-state index in [9.17, 15) is 9.59 Å². The molecular weight excluding hydrogens is 436 g/mol. The van der Waals surface area contributed by atoms with E-state index in [0.29, 0.717) is 0 Å². The number of amides is 2. The maximum atomic E-state index is 13.5. The number of rotatable bonds is 8. The monoisotopic (exact) mass is 474 g/mol. The van der Waals surface area contributed by atoms with Gasteiger partial charge in [-0.15, -0.1) is 0 Å². The van der Waals surface area contributed by atoms with Crippen molar-refractivity contribution in [3.8, 4) is 0 Å². The zero-order chi connectivity index (χ0) is 25.9. The molecule has 0 saturated heterocycles. The Labute approximate surface area is 209 Å². The molecule has 6 nitrogen and oxygen atoms in total. The quantitative estimate of drug-likeness (QED) is 0.488. The molecule has 0 unspecified atom stereocenters. The van der Waals surface area contributed by atoms with Crippen molar-refractivity contribution in [1.29, 1.82) is 0 Å². The first kappa shape index (κ1) is 26.2. The SMILES string of the molecule is Cc1ccc([C@H](C)NC(=O)CN(C(=O)Cn2cnc(C)c2C)[C@H](C)c2ccc(C)c(C)c2)cc1C.